The van der Waals surface area contributed by atoms with Crippen molar-refractivity contribution in [2.75, 3.05) is 19.8 Å². The number of phenolic OH excluding ortho intramolecular Hbond substituents is 1. The van der Waals surface area contributed by atoms with Crippen LogP contribution in [0.15, 0.2) is 30.3 Å². The van der Waals surface area contributed by atoms with Gasteiger partial charge in [-0.05, 0) is 23.8 Å². The van der Waals surface area contributed by atoms with Crippen LogP contribution in [0, 0.1) is 0 Å². The molecule has 0 amide bonds. The van der Waals surface area contributed by atoms with E-state index in [1.807, 2.05) is 0 Å². The number of aliphatic hydroxyl groups is 4. The molecule has 0 spiro atoms. The van der Waals surface area contributed by atoms with Crippen LogP contribution in [0.25, 0.3) is 6.08 Å². The lowest BCUT2D eigenvalue weighted by atomic mass is 9.99. The third-order valence-electron chi connectivity index (χ3n) is 4.36. The summed E-state index contributed by atoms with van der Waals surface area (Å²) in [4.78, 5) is 23.1. The van der Waals surface area contributed by atoms with Crippen LogP contribution in [0.4, 0.5) is 0 Å². The number of hydrogen-bond acceptors (Lipinski definition) is 11. The first-order valence-electron chi connectivity index (χ1n) is 9.44. The van der Waals surface area contributed by atoms with Gasteiger partial charge in [0.05, 0.1) is 6.61 Å². The zero-order chi connectivity index (χ0) is 23.0. The molecule has 1 fully saturated rings. The molecule has 1 heterocycles. The molecule has 1 saturated heterocycles. The van der Waals surface area contributed by atoms with Crippen molar-refractivity contribution in [3.63, 3.8) is 0 Å². The van der Waals surface area contributed by atoms with Crippen LogP contribution in [-0.2, 0) is 28.5 Å². The summed E-state index contributed by atoms with van der Waals surface area (Å²) in [7, 11) is 0. The Balaban J connectivity index is 1.96. The molecular weight excluding hydrogens is 416 g/mol. The quantitative estimate of drug-likeness (QED) is 0.227. The predicted octanol–water partition coefficient (Wildman–Crippen LogP) is -1.30. The maximum Gasteiger partial charge on any atom is 0.330 e. The summed E-state index contributed by atoms with van der Waals surface area (Å²) < 4.78 is 20.6. The Hall–Kier alpha value is -2.54. The van der Waals surface area contributed by atoms with Gasteiger partial charge in [-0.25, -0.2) is 4.79 Å². The molecule has 1 aromatic carbocycles. The van der Waals surface area contributed by atoms with Crippen LogP contribution in [0.5, 0.6) is 5.75 Å². The van der Waals surface area contributed by atoms with E-state index in [4.69, 9.17) is 18.9 Å². The molecule has 1 aliphatic heterocycles. The molecule has 2 rings (SSSR count). The number of carbonyl (C=O) groups excluding carboxylic acids is 2. The number of ether oxygens (including phenoxy) is 4. The smallest absolute Gasteiger partial charge is 0.330 e. The van der Waals surface area contributed by atoms with Gasteiger partial charge in [0.2, 0.25) is 0 Å². The highest BCUT2D eigenvalue weighted by Gasteiger charge is 2.45. The van der Waals surface area contributed by atoms with Crippen LogP contribution in [0.3, 0.4) is 0 Å². The van der Waals surface area contributed by atoms with Crippen molar-refractivity contribution in [1.82, 2.24) is 0 Å². The SMILES string of the molecule is CC(=O)OCC(COC(=O)/C=C/c1ccc(O)cc1)O[C@@H]1O[C@H](CO)[C@@H](O)[C@H](O)[C@H]1O. The average molecular weight is 442 g/mol. The minimum absolute atomic E-state index is 0.0818. The molecule has 11 heteroatoms. The molecule has 0 bridgehead atoms. The maximum atomic E-state index is 12.0. The molecule has 0 aromatic heterocycles. The van der Waals surface area contributed by atoms with Gasteiger partial charge in [0.1, 0.15) is 49.5 Å². The minimum Gasteiger partial charge on any atom is -0.508 e. The lowest BCUT2D eigenvalue weighted by Gasteiger charge is -2.40. The average Bonchev–Trinajstić information content (AvgIpc) is 2.75. The monoisotopic (exact) mass is 442 g/mol. The zero-order valence-electron chi connectivity index (χ0n) is 16.7. The second kappa shape index (κ2) is 11.7. The topological polar surface area (TPSA) is 172 Å². The van der Waals surface area contributed by atoms with Gasteiger partial charge in [-0.1, -0.05) is 12.1 Å². The van der Waals surface area contributed by atoms with Crippen LogP contribution < -0.4 is 0 Å². The van der Waals surface area contributed by atoms with Crippen molar-refractivity contribution in [3.05, 3.63) is 35.9 Å². The summed E-state index contributed by atoms with van der Waals surface area (Å²) in [6.45, 7) is -0.214. The second-order valence-electron chi connectivity index (χ2n) is 6.81. The molecule has 0 radical (unpaired) electrons. The summed E-state index contributed by atoms with van der Waals surface area (Å²) >= 11 is 0. The third-order valence-corrected chi connectivity index (χ3v) is 4.36. The van der Waals surface area contributed by atoms with E-state index in [1.54, 1.807) is 12.1 Å². The van der Waals surface area contributed by atoms with E-state index in [0.29, 0.717) is 5.56 Å². The molecule has 1 unspecified atom stereocenters. The Labute approximate surface area is 178 Å². The van der Waals surface area contributed by atoms with Gasteiger partial charge in [-0.2, -0.15) is 0 Å². The van der Waals surface area contributed by atoms with Gasteiger partial charge in [-0.3, -0.25) is 4.79 Å². The molecule has 11 nitrogen and oxygen atoms in total. The van der Waals surface area contributed by atoms with Crippen LogP contribution >= 0.6 is 0 Å². The molecule has 1 aromatic rings. The lowest BCUT2D eigenvalue weighted by molar-refractivity contribution is -0.315. The van der Waals surface area contributed by atoms with Crippen molar-refractivity contribution < 1.29 is 54.1 Å². The number of aromatic hydroxyl groups is 1. The Morgan fingerprint density at radius 3 is 2.32 bits per heavy atom. The van der Waals surface area contributed by atoms with Gasteiger partial charge >= 0.3 is 11.9 Å². The molecule has 0 aliphatic carbocycles. The minimum atomic E-state index is -1.66. The van der Waals surface area contributed by atoms with Crippen molar-refractivity contribution in [2.24, 2.45) is 0 Å². The molecule has 172 valence electrons. The summed E-state index contributed by atoms with van der Waals surface area (Å²) in [6, 6.07) is 6.08. The lowest BCUT2D eigenvalue weighted by Crippen LogP contribution is -2.60. The van der Waals surface area contributed by atoms with E-state index in [1.165, 1.54) is 18.2 Å². The van der Waals surface area contributed by atoms with Gasteiger partial charge in [0, 0.05) is 13.0 Å². The van der Waals surface area contributed by atoms with Crippen molar-refractivity contribution in [2.45, 2.75) is 43.7 Å². The van der Waals surface area contributed by atoms with Gasteiger partial charge in [-0.15, -0.1) is 0 Å². The Kier molecular flexibility index (Phi) is 9.37. The second-order valence-corrected chi connectivity index (χ2v) is 6.81. The summed E-state index contributed by atoms with van der Waals surface area (Å²) in [5, 5.41) is 48.2. The van der Waals surface area contributed by atoms with Crippen LogP contribution in [0.2, 0.25) is 0 Å². The van der Waals surface area contributed by atoms with Crippen molar-refractivity contribution in [1.29, 1.82) is 0 Å². The number of hydrogen-bond donors (Lipinski definition) is 5. The first-order chi connectivity index (χ1) is 14.7. The number of benzene rings is 1. The van der Waals surface area contributed by atoms with Crippen molar-refractivity contribution >= 4 is 18.0 Å². The van der Waals surface area contributed by atoms with E-state index < -0.39 is 55.4 Å². The third kappa shape index (κ3) is 7.58. The molecule has 6 atom stereocenters. The molecule has 0 saturated carbocycles. The number of esters is 2. The van der Waals surface area contributed by atoms with E-state index in [2.05, 4.69) is 0 Å². The molecule has 1 aliphatic rings. The fourth-order valence-electron chi connectivity index (χ4n) is 2.68. The summed E-state index contributed by atoms with van der Waals surface area (Å²) in [5.74, 6) is -1.28. The number of aliphatic hydroxyl groups excluding tert-OH is 4. The maximum absolute atomic E-state index is 12.0. The predicted molar refractivity (Wildman–Crippen MR) is 103 cm³/mol. The summed E-state index contributed by atoms with van der Waals surface area (Å²) in [5.41, 5.74) is 0.642. The molecule has 5 N–H and O–H groups in total. The number of rotatable bonds is 9. The highest BCUT2D eigenvalue weighted by Crippen LogP contribution is 2.23. The standard InChI is InChI=1S/C20H26O11/c1-11(22)28-9-14(30-20-19(27)18(26)17(25)15(8-21)31-20)10-29-16(24)7-4-12-2-5-13(23)6-3-12/h2-7,14-15,17-21,23,25-27H,8-10H2,1H3/b7-4+/t14?,15-,17-,18+,19-,20-/m1/s1. The summed E-state index contributed by atoms with van der Waals surface area (Å²) in [6.07, 6.45) is -6.02. The van der Waals surface area contributed by atoms with Crippen molar-refractivity contribution in [3.8, 4) is 5.75 Å². The Morgan fingerprint density at radius 1 is 1.06 bits per heavy atom. The van der Waals surface area contributed by atoms with E-state index in [0.717, 1.165) is 13.0 Å². The number of carbonyl (C=O) groups is 2. The first kappa shape index (κ1) is 24.7. The van der Waals surface area contributed by atoms with Crippen LogP contribution in [0.1, 0.15) is 12.5 Å². The molecular formula is C20H26O11. The highest BCUT2D eigenvalue weighted by molar-refractivity contribution is 5.87. The van der Waals surface area contributed by atoms with E-state index in [-0.39, 0.29) is 19.0 Å². The van der Waals surface area contributed by atoms with Gasteiger partial charge in [0.15, 0.2) is 6.29 Å². The Morgan fingerprint density at radius 2 is 1.71 bits per heavy atom. The highest BCUT2D eigenvalue weighted by atomic mass is 16.7. The Bertz CT molecular complexity index is 746. The van der Waals surface area contributed by atoms with Gasteiger partial charge < -0.3 is 44.5 Å². The van der Waals surface area contributed by atoms with E-state index >= 15 is 0 Å². The fourth-order valence-corrected chi connectivity index (χ4v) is 2.68. The largest absolute Gasteiger partial charge is 0.508 e. The molecule has 31 heavy (non-hydrogen) atoms. The normalized spacial score (nSPS) is 27.1. The first-order valence-corrected chi connectivity index (χ1v) is 9.44. The fraction of sp³-hybridized carbons (Fsp3) is 0.500. The number of phenols is 1. The zero-order valence-corrected chi connectivity index (χ0v) is 16.7. The van der Waals surface area contributed by atoms with Crippen LogP contribution in [-0.4, -0.2) is 94.1 Å². The van der Waals surface area contributed by atoms with E-state index in [9.17, 15) is 35.1 Å². The van der Waals surface area contributed by atoms with Gasteiger partial charge in [0.25, 0.3) is 0 Å².